The van der Waals surface area contributed by atoms with Gasteiger partial charge in [0.05, 0.1) is 30.2 Å². The smallest absolute Gasteiger partial charge is 0.250 e. The molecule has 33 heavy (non-hydrogen) atoms. The van der Waals surface area contributed by atoms with E-state index in [4.69, 9.17) is 10.5 Å². The van der Waals surface area contributed by atoms with Crippen LogP contribution in [0.15, 0.2) is 52.6 Å². The molecule has 1 heterocycles. The van der Waals surface area contributed by atoms with Crippen LogP contribution in [0.1, 0.15) is 66.2 Å². The fourth-order valence-electron chi connectivity index (χ4n) is 4.43. The number of carbonyl (C=O) groups excluding carboxylic acids is 1. The Morgan fingerprint density at radius 1 is 1.42 bits per heavy atom. The summed E-state index contributed by atoms with van der Waals surface area (Å²) in [6.45, 7) is 13.2. The molecule has 0 spiro atoms. The Balaban J connectivity index is 2.32. The van der Waals surface area contributed by atoms with Gasteiger partial charge in [-0.3, -0.25) is 20.4 Å². The molecule has 0 radical (unpaired) electrons. The van der Waals surface area contributed by atoms with Crippen molar-refractivity contribution in [2.24, 2.45) is 22.6 Å². The van der Waals surface area contributed by atoms with Gasteiger partial charge in [0.15, 0.2) is 0 Å². The predicted molar refractivity (Wildman–Crippen MR) is 138 cm³/mol. The number of ether oxygens (including phenoxy) is 1. The van der Waals surface area contributed by atoms with Crippen LogP contribution in [0.25, 0.3) is 0 Å². The number of rotatable bonds is 11. The van der Waals surface area contributed by atoms with E-state index in [2.05, 4.69) is 74.2 Å². The number of carbonyl (C=O) groups is 1. The number of primary amides is 1. The van der Waals surface area contributed by atoms with Crippen molar-refractivity contribution in [3.05, 3.63) is 47.6 Å². The van der Waals surface area contributed by atoms with Gasteiger partial charge < -0.3 is 10.5 Å². The van der Waals surface area contributed by atoms with Crippen LogP contribution in [-0.2, 0) is 9.53 Å². The standard InChI is InChI=1S/C27H44N4O2/c1-7-9-23-25(20(5)26(28)32)29-17-30-27(23)31-24(11-8-10-18(2)3)21-13-12-19(4)16-22(33-6)15-14-21/h9,13-15,18-19,22,24,27,30-31H,5,7-8,10-12,16-17H2,1-4,6H3,(H2,28,32)/b15-14?,21-13?,23-9+. The summed E-state index contributed by atoms with van der Waals surface area (Å²) in [5.41, 5.74) is 8.65. The first-order chi connectivity index (χ1) is 15.8. The summed E-state index contributed by atoms with van der Waals surface area (Å²) >= 11 is 0. The molecule has 4 unspecified atom stereocenters. The summed E-state index contributed by atoms with van der Waals surface area (Å²) in [6, 6.07) is 0.168. The second-order valence-electron chi connectivity index (χ2n) is 9.67. The molecule has 1 amide bonds. The van der Waals surface area contributed by atoms with E-state index in [0.29, 0.717) is 24.2 Å². The second kappa shape index (κ2) is 13.6. The first-order valence-electron chi connectivity index (χ1n) is 12.4. The van der Waals surface area contributed by atoms with Crippen molar-refractivity contribution in [2.75, 3.05) is 13.8 Å². The molecule has 2 rings (SSSR count). The van der Waals surface area contributed by atoms with Gasteiger partial charge in [0.2, 0.25) is 5.91 Å². The van der Waals surface area contributed by atoms with Gasteiger partial charge in [-0.15, -0.1) is 0 Å². The SMILES string of the molecule is C=C(C(N)=O)C1=NCNC(NC(CCCC(C)C)C2=CCC(C)CC(OC)C=C2)/C1=C/CC. The number of allylic oxidation sites excluding steroid dienone is 2. The zero-order valence-corrected chi connectivity index (χ0v) is 21.2. The lowest BCUT2D eigenvalue weighted by Gasteiger charge is -2.33. The third-order valence-corrected chi connectivity index (χ3v) is 6.37. The van der Waals surface area contributed by atoms with Crippen molar-refractivity contribution in [1.82, 2.24) is 10.6 Å². The van der Waals surface area contributed by atoms with E-state index in [1.165, 1.54) is 12.0 Å². The van der Waals surface area contributed by atoms with Crippen molar-refractivity contribution in [3.8, 4) is 0 Å². The number of hydrogen-bond donors (Lipinski definition) is 3. The molecule has 0 fully saturated rings. The van der Waals surface area contributed by atoms with E-state index in [0.717, 1.165) is 37.7 Å². The van der Waals surface area contributed by atoms with Crippen molar-refractivity contribution in [3.63, 3.8) is 0 Å². The Morgan fingerprint density at radius 3 is 2.82 bits per heavy atom. The van der Waals surface area contributed by atoms with E-state index in [9.17, 15) is 4.79 Å². The molecule has 184 valence electrons. The minimum absolute atomic E-state index is 0.131. The molecule has 4 N–H and O–H groups in total. The van der Waals surface area contributed by atoms with Crippen molar-refractivity contribution in [1.29, 1.82) is 0 Å². The number of nitrogens with zero attached hydrogens (tertiary/aromatic N) is 1. The summed E-state index contributed by atoms with van der Waals surface area (Å²) in [5, 5.41) is 7.31. The molecule has 0 aromatic rings. The largest absolute Gasteiger partial charge is 0.377 e. The van der Waals surface area contributed by atoms with E-state index >= 15 is 0 Å². The maximum atomic E-state index is 11.8. The monoisotopic (exact) mass is 456 g/mol. The molecule has 1 aliphatic carbocycles. The molecule has 0 aromatic carbocycles. The Bertz CT molecular complexity index is 794. The highest BCUT2D eigenvalue weighted by molar-refractivity contribution is 6.27. The maximum absolute atomic E-state index is 11.8. The van der Waals surface area contributed by atoms with Gasteiger partial charge in [0, 0.05) is 18.7 Å². The quantitative estimate of drug-likeness (QED) is 0.402. The highest BCUT2D eigenvalue weighted by Crippen LogP contribution is 2.24. The van der Waals surface area contributed by atoms with Gasteiger partial charge in [-0.25, -0.2) is 0 Å². The summed E-state index contributed by atoms with van der Waals surface area (Å²) < 4.78 is 5.67. The Kier molecular flexibility index (Phi) is 11.2. The van der Waals surface area contributed by atoms with Gasteiger partial charge in [0.1, 0.15) is 0 Å². The molecule has 0 saturated carbocycles. The normalized spacial score (nSPS) is 25.9. The van der Waals surface area contributed by atoms with Crippen LogP contribution in [0, 0.1) is 11.8 Å². The number of hydrogen-bond acceptors (Lipinski definition) is 5. The maximum Gasteiger partial charge on any atom is 0.250 e. The minimum Gasteiger partial charge on any atom is -0.377 e. The van der Waals surface area contributed by atoms with Crippen LogP contribution < -0.4 is 16.4 Å². The molecule has 0 aromatic heterocycles. The molecule has 0 saturated heterocycles. The average Bonchev–Trinajstić information content (AvgIpc) is 2.76. The average molecular weight is 457 g/mol. The van der Waals surface area contributed by atoms with Crippen molar-refractivity contribution < 1.29 is 9.53 Å². The van der Waals surface area contributed by atoms with Crippen LogP contribution in [0.5, 0.6) is 0 Å². The van der Waals surface area contributed by atoms with E-state index in [1.807, 2.05) is 0 Å². The third kappa shape index (κ3) is 8.36. The van der Waals surface area contributed by atoms with Gasteiger partial charge in [-0.2, -0.15) is 0 Å². The highest BCUT2D eigenvalue weighted by Gasteiger charge is 2.28. The lowest BCUT2D eigenvalue weighted by atomic mass is 9.90. The van der Waals surface area contributed by atoms with E-state index < -0.39 is 5.91 Å². The van der Waals surface area contributed by atoms with E-state index in [1.54, 1.807) is 7.11 Å². The van der Waals surface area contributed by atoms with Crippen molar-refractivity contribution >= 4 is 11.6 Å². The highest BCUT2D eigenvalue weighted by atomic mass is 16.5. The van der Waals surface area contributed by atoms with Crippen LogP contribution in [-0.4, -0.2) is 43.7 Å². The number of methoxy groups -OCH3 is 1. The molecule has 6 nitrogen and oxygen atoms in total. The predicted octanol–water partition coefficient (Wildman–Crippen LogP) is 4.40. The third-order valence-electron chi connectivity index (χ3n) is 6.37. The summed E-state index contributed by atoms with van der Waals surface area (Å²) in [7, 11) is 1.78. The lowest BCUT2D eigenvalue weighted by molar-refractivity contribution is -0.114. The van der Waals surface area contributed by atoms with Gasteiger partial charge in [-0.1, -0.05) is 71.4 Å². The molecule has 4 atom stereocenters. The molecular weight excluding hydrogens is 412 g/mol. The minimum atomic E-state index is -0.532. The summed E-state index contributed by atoms with van der Waals surface area (Å²) in [5.74, 6) is 0.703. The van der Waals surface area contributed by atoms with Gasteiger partial charge in [-0.05, 0) is 43.1 Å². The topological polar surface area (TPSA) is 88.7 Å². The van der Waals surface area contributed by atoms with Crippen LogP contribution >= 0.6 is 0 Å². The van der Waals surface area contributed by atoms with Crippen molar-refractivity contribution in [2.45, 2.75) is 84.5 Å². The fourth-order valence-corrected chi connectivity index (χ4v) is 4.43. The first kappa shape index (κ1) is 27.2. The Morgan fingerprint density at radius 2 is 2.18 bits per heavy atom. The molecular formula is C27H44N4O2. The molecule has 2 aliphatic rings. The van der Waals surface area contributed by atoms with E-state index in [-0.39, 0.29) is 23.9 Å². The molecule has 1 aliphatic heterocycles. The van der Waals surface area contributed by atoms with Gasteiger partial charge in [0.25, 0.3) is 0 Å². The molecule has 0 bridgehead atoms. The Hall–Kier alpha value is -2.02. The number of amides is 1. The fraction of sp³-hybridized carbons (Fsp3) is 0.630. The van der Waals surface area contributed by atoms with Crippen LogP contribution in [0.3, 0.4) is 0 Å². The Labute approximate surface area is 200 Å². The van der Waals surface area contributed by atoms with Crippen LogP contribution in [0.2, 0.25) is 0 Å². The number of aliphatic imine (C=N–C) groups is 1. The second-order valence-corrected chi connectivity index (χ2v) is 9.67. The number of nitrogens with one attached hydrogen (secondary N) is 2. The summed E-state index contributed by atoms with van der Waals surface area (Å²) in [4.78, 5) is 16.4. The zero-order valence-electron chi connectivity index (χ0n) is 21.2. The number of nitrogens with two attached hydrogens (primary N) is 1. The van der Waals surface area contributed by atoms with Gasteiger partial charge >= 0.3 is 0 Å². The zero-order chi connectivity index (χ0) is 24.4. The first-order valence-corrected chi connectivity index (χ1v) is 12.4. The summed E-state index contributed by atoms with van der Waals surface area (Å²) in [6.07, 6.45) is 15.2. The molecule has 6 heteroatoms. The lowest BCUT2D eigenvalue weighted by Crippen LogP contribution is -2.53. The van der Waals surface area contributed by atoms with Crippen LogP contribution in [0.4, 0.5) is 0 Å².